The van der Waals surface area contributed by atoms with Crippen molar-refractivity contribution in [1.82, 2.24) is 4.98 Å². The predicted octanol–water partition coefficient (Wildman–Crippen LogP) is 1.25. The fraction of sp³-hybridized carbons (Fsp3) is 0.125. The topological polar surface area (TPSA) is 88.0 Å². The Morgan fingerprint density at radius 1 is 1.38 bits per heavy atom. The van der Waals surface area contributed by atoms with E-state index in [9.17, 15) is 9.59 Å². The van der Waals surface area contributed by atoms with Crippen molar-refractivity contribution < 1.29 is 4.79 Å². The maximum atomic E-state index is 12.1. The molecule has 0 aliphatic heterocycles. The van der Waals surface area contributed by atoms with Crippen LogP contribution in [0.5, 0.6) is 0 Å². The van der Waals surface area contributed by atoms with Gasteiger partial charge in [-0.1, -0.05) is 11.8 Å². The molecule has 0 saturated heterocycles. The maximum Gasteiger partial charge on any atom is 0.261 e. The zero-order chi connectivity index (χ0) is 15.2. The summed E-state index contributed by atoms with van der Waals surface area (Å²) in [6, 6.07) is 6.75. The highest BCUT2D eigenvalue weighted by atomic mass is 16.2. The van der Waals surface area contributed by atoms with Gasteiger partial charge in [-0.25, -0.2) is 0 Å². The SMILES string of the molecule is Cc1cc(C#CCN)cc(NC(=O)c2c[nH]ccc2=O)c1. The molecule has 0 unspecified atom stereocenters. The zero-order valence-electron chi connectivity index (χ0n) is 11.6. The van der Waals surface area contributed by atoms with Crippen molar-refractivity contribution in [2.75, 3.05) is 11.9 Å². The van der Waals surface area contributed by atoms with E-state index in [0.29, 0.717) is 5.69 Å². The molecule has 2 aromatic rings. The van der Waals surface area contributed by atoms with Crippen LogP contribution in [0.4, 0.5) is 5.69 Å². The van der Waals surface area contributed by atoms with Crippen LogP contribution >= 0.6 is 0 Å². The number of carbonyl (C=O) groups excluding carboxylic acids is 1. The number of hydrogen-bond donors (Lipinski definition) is 3. The van der Waals surface area contributed by atoms with Gasteiger partial charge in [0.15, 0.2) is 5.43 Å². The standard InChI is InChI=1S/C16H15N3O2/c1-11-7-12(3-2-5-17)9-13(8-11)19-16(21)14-10-18-6-4-15(14)20/h4,6-10H,5,17H2,1H3,(H,18,20)(H,19,21). The minimum Gasteiger partial charge on any atom is -0.367 e. The van der Waals surface area contributed by atoms with Crippen molar-refractivity contribution in [2.45, 2.75) is 6.92 Å². The Morgan fingerprint density at radius 2 is 2.19 bits per heavy atom. The van der Waals surface area contributed by atoms with Crippen LogP contribution in [0.25, 0.3) is 0 Å². The number of benzene rings is 1. The normalized spacial score (nSPS) is 9.62. The number of nitrogens with two attached hydrogens (primary N) is 1. The van der Waals surface area contributed by atoms with E-state index in [1.165, 1.54) is 18.5 Å². The Bertz CT molecular complexity index is 782. The number of hydrogen-bond acceptors (Lipinski definition) is 3. The van der Waals surface area contributed by atoms with Gasteiger partial charge < -0.3 is 16.0 Å². The molecule has 1 aromatic carbocycles. The van der Waals surface area contributed by atoms with Crippen LogP contribution in [0.1, 0.15) is 21.5 Å². The quantitative estimate of drug-likeness (QED) is 0.724. The van der Waals surface area contributed by atoms with Crippen LogP contribution in [0, 0.1) is 18.8 Å². The molecule has 0 fully saturated rings. The first-order chi connectivity index (χ1) is 10.1. The van der Waals surface area contributed by atoms with Crippen molar-refractivity contribution in [2.24, 2.45) is 5.73 Å². The molecular formula is C16H15N3O2. The number of pyridine rings is 1. The monoisotopic (exact) mass is 281 g/mol. The van der Waals surface area contributed by atoms with E-state index < -0.39 is 5.91 Å². The van der Waals surface area contributed by atoms with Gasteiger partial charge in [0.1, 0.15) is 5.56 Å². The van der Waals surface area contributed by atoms with Gasteiger partial charge in [-0.3, -0.25) is 9.59 Å². The molecule has 1 heterocycles. The van der Waals surface area contributed by atoms with E-state index in [-0.39, 0.29) is 17.5 Å². The number of anilines is 1. The molecule has 0 atom stereocenters. The average molecular weight is 281 g/mol. The number of H-pyrrole nitrogens is 1. The molecule has 0 saturated carbocycles. The summed E-state index contributed by atoms with van der Waals surface area (Å²) in [5.41, 5.74) is 7.38. The Labute approximate surface area is 122 Å². The summed E-state index contributed by atoms with van der Waals surface area (Å²) in [5, 5.41) is 2.70. The van der Waals surface area contributed by atoms with Crippen molar-refractivity contribution in [3.63, 3.8) is 0 Å². The Kier molecular flexibility index (Phi) is 4.54. The number of amides is 1. The highest BCUT2D eigenvalue weighted by molar-refractivity contribution is 6.04. The molecule has 1 amide bonds. The van der Waals surface area contributed by atoms with Crippen molar-refractivity contribution in [3.8, 4) is 11.8 Å². The Balaban J connectivity index is 2.27. The zero-order valence-corrected chi connectivity index (χ0v) is 11.6. The number of nitrogens with one attached hydrogen (secondary N) is 2. The number of rotatable bonds is 2. The number of carbonyl (C=O) groups is 1. The third-order valence-electron chi connectivity index (χ3n) is 2.74. The molecule has 5 nitrogen and oxygen atoms in total. The number of aromatic amines is 1. The van der Waals surface area contributed by atoms with Crippen molar-refractivity contribution >= 4 is 11.6 Å². The smallest absolute Gasteiger partial charge is 0.261 e. The molecule has 2 rings (SSSR count). The van der Waals surface area contributed by atoms with Crippen LogP contribution in [-0.4, -0.2) is 17.4 Å². The molecule has 4 N–H and O–H groups in total. The summed E-state index contributed by atoms with van der Waals surface area (Å²) in [5.74, 6) is 5.22. The molecule has 0 spiro atoms. The molecule has 0 radical (unpaired) electrons. The van der Waals surface area contributed by atoms with Gasteiger partial charge in [0.25, 0.3) is 5.91 Å². The van der Waals surface area contributed by atoms with Gasteiger partial charge in [-0.15, -0.1) is 0 Å². The average Bonchev–Trinajstić information content (AvgIpc) is 2.45. The first-order valence-corrected chi connectivity index (χ1v) is 6.39. The number of aromatic nitrogens is 1. The minimum absolute atomic E-state index is 0.0635. The van der Waals surface area contributed by atoms with Crippen molar-refractivity contribution in [1.29, 1.82) is 0 Å². The largest absolute Gasteiger partial charge is 0.367 e. The van der Waals surface area contributed by atoms with Crippen molar-refractivity contribution in [3.05, 3.63) is 63.6 Å². The minimum atomic E-state index is -0.458. The number of aryl methyl sites for hydroxylation is 1. The summed E-state index contributed by atoms with van der Waals surface area (Å²) in [6.45, 7) is 2.17. The van der Waals surface area contributed by atoms with Crippen LogP contribution in [0.3, 0.4) is 0 Å². The summed E-state index contributed by atoms with van der Waals surface area (Å²) >= 11 is 0. The van der Waals surface area contributed by atoms with E-state index in [0.717, 1.165) is 11.1 Å². The first kappa shape index (κ1) is 14.6. The third-order valence-corrected chi connectivity index (χ3v) is 2.74. The second kappa shape index (κ2) is 6.55. The molecule has 21 heavy (non-hydrogen) atoms. The van der Waals surface area contributed by atoms with Gasteiger partial charge in [-0.2, -0.15) is 0 Å². The predicted molar refractivity (Wildman–Crippen MR) is 82.1 cm³/mol. The molecule has 106 valence electrons. The second-order valence-electron chi connectivity index (χ2n) is 4.47. The summed E-state index contributed by atoms with van der Waals surface area (Å²) in [4.78, 5) is 26.4. The highest BCUT2D eigenvalue weighted by Gasteiger charge is 2.10. The molecule has 0 aliphatic rings. The lowest BCUT2D eigenvalue weighted by molar-refractivity contribution is 0.102. The molecular weight excluding hydrogens is 266 g/mol. The summed E-state index contributed by atoms with van der Waals surface area (Å²) in [6.07, 6.45) is 2.86. The van der Waals surface area contributed by atoms with E-state index in [1.807, 2.05) is 19.1 Å². The van der Waals surface area contributed by atoms with E-state index >= 15 is 0 Å². The molecule has 5 heteroatoms. The van der Waals surface area contributed by atoms with E-state index in [2.05, 4.69) is 22.1 Å². The molecule has 0 aliphatic carbocycles. The second-order valence-corrected chi connectivity index (χ2v) is 4.47. The van der Waals surface area contributed by atoms with E-state index in [1.54, 1.807) is 6.07 Å². The van der Waals surface area contributed by atoms with Gasteiger partial charge >= 0.3 is 0 Å². The lowest BCUT2D eigenvalue weighted by Gasteiger charge is -2.06. The molecule has 1 aromatic heterocycles. The third kappa shape index (κ3) is 3.81. The van der Waals surface area contributed by atoms with Crippen LogP contribution in [0.2, 0.25) is 0 Å². The lowest BCUT2D eigenvalue weighted by atomic mass is 10.1. The highest BCUT2D eigenvalue weighted by Crippen LogP contribution is 2.14. The first-order valence-electron chi connectivity index (χ1n) is 6.39. The fourth-order valence-corrected chi connectivity index (χ4v) is 1.87. The van der Waals surface area contributed by atoms with Crippen LogP contribution in [-0.2, 0) is 0 Å². The van der Waals surface area contributed by atoms with Gasteiger partial charge in [0, 0.05) is 29.7 Å². The fourth-order valence-electron chi connectivity index (χ4n) is 1.87. The Hall–Kier alpha value is -2.84. The summed E-state index contributed by atoms with van der Waals surface area (Å²) in [7, 11) is 0. The Morgan fingerprint density at radius 3 is 2.90 bits per heavy atom. The van der Waals surface area contributed by atoms with Crippen LogP contribution in [0.15, 0.2) is 41.5 Å². The van der Waals surface area contributed by atoms with E-state index in [4.69, 9.17) is 5.73 Å². The van der Waals surface area contributed by atoms with Gasteiger partial charge in [0.2, 0.25) is 0 Å². The maximum absolute atomic E-state index is 12.1. The van der Waals surface area contributed by atoms with Crippen LogP contribution < -0.4 is 16.5 Å². The lowest BCUT2D eigenvalue weighted by Crippen LogP contribution is -2.20. The molecule has 0 bridgehead atoms. The summed E-state index contributed by atoms with van der Waals surface area (Å²) < 4.78 is 0. The van der Waals surface area contributed by atoms with Gasteiger partial charge in [-0.05, 0) is 30.7 Å². The van der Waals surface area contributed by atoms with Gasteiger partial charge in [0.05, 0.1) is 6.54 Å².